The summed E-state index contributed by atoms with van der Waals surface area (Å²) in [4.78, 5) is 10.8. The van der Waals surface area contributed by atoms with Gasteiger partial charge < -0.3 is 5.11 Å². The Morgan fingerprint density at radius 2 is 1.75 bits per heavy atom. The molecule has 0 spiro atoms. The molecule has 0 amide bonds. The number of halogens is 4. The van der Waals surface area contributed by atoms with Gasteiger partial charge in [0.15, 0.2) is 0 Å². The Hall–Kier alpha value is 1.39. The molecule has 0 aliphatic rings. The fraction of sp³-hybridized carbons (Fsp3) is 0.833. The van der Waals surface area contributed by atoms with Gasteiger partial charge in [0.05, 0.1) is 0 Å². The maximum atomic E-state index is 10.8. The van der Waals surface area contributed by atoms with Gasteiger partial charge in [0.2, 0.25) is 3.23 Å². The summed E-state index contributed by atoms with van der Waals surface area (Å²) in [6, 6.07) is 0. The van der Waals surface area contributed by atoms with Crippen LogP contribution in [0, 0.1) is 0 Å². The average molecular weight is 432 g/mol. The monoisotopic (exact) mass is 428 g/mol. The van der Waals surface area contributed by atoms with Crippen molar-refractivity contribution in [3.05, 3.63) is 0 Å². The van der Waals surface area contributed by atoms with Crippen LogP contribution in [0.3, 0.4) is 0 Å². The Balaban J connectivity index is 4.62. The van der Waals surface area contributed by atoms with Crippen molar-refractivity contribution in [2.45, 2.75) is 26.2 Å². The lowest BCUT2D eigenvalue weighted by Crippen LogP contribution is -2.41. The largest absolute Gasteiger partial charge is 0.480 e. The summed E-state index contributed by atoms with van der Waals surface area (Å²) in [6.07, 6.45) is 1.57. The number of aliphatic carboxylic acids is 1. The van der Waals surface area contributed by atoms with Gasteiger partial charge in [-0.15, -0.1) is 0 Å². The van der Waals surface area contributed by atoms with E-state index < -0.39 is 12.4 Å². The van der Waals surface area contributed by atoms with Gasteiger partial charge in [-0.25, -0.2) is 4.79 Å². The van der Waals surface area contributed by atoms with E-state index in [1.54, 1.807) is 0 Å². The lowest BCUT2D eigenvalue weighted by Gasteiger charge is -2.30. The van der Waals surface area contributed by atoms with Gasteiger partial charge in [0, 0.05) is 0 Å². The molecule has 0 unspecified atom stereocenters. The third kappa shape index (κ3) is 2.96. The second kappa shape index (κ2) is 4.75. The summed E-state index contributed by atoms with van der Waals surface area (Å²) >= 11 is 12.8. The minimum absolute atomic E-state index is 0.673. The van der Waals surface area contributed by atoms with Gasteiger partial charge in [-0.1, -0.05) is 77.1 Å². The standard InChI is InChI=1S/C6H8Br4O2/c1-2-3-5(7,8)6(9,10)4(11)12/h2-3H2,1H3,(H,11,12). The van der Waals surface area contributed by atoms with Crippen molar-refractivity contribution < 1.29 is 9.90 Å². The van der Waals surface area contributed by atoms with Gasteiger partial charge in [-0.2, -0.15) is 0 Å². The smallest absolute Gasteiger partial charge is 0.333 e. The minimum atomic E-state index is -1.18. The molecule has 0 saturated carbocycles. The molecule has 0 radical (unpaired) electrons. The molecule has 0 aliphatic carbocycles. The van der Waals surface area contributed by atoms with E-state index in [1.165, 1.54) is 0 Å². The highest BCUT2D eigenvalue weighted by Gasteiger charge is 2.50. The Morgan fingerprint density at radius 3 is 2.00 bits per heavy atom. The first-order valence-corrected chi connectivity index (χ1v) is 6.42. The van der Waals surface area contributed by atoms with Crippen LogP contribution in [0.15, 0.2) is 0 Å². The van der Waals surface area contributed by atoms with Crippen molar-refractivity contribution in [2.75, 3.05) is 0 Å². The molecular weight excluding hydrogens is 424 g/mol. The predicted octanol–water partition coefficient (Wildman–Crippen LogP) is 3.84. The number of carboxylic acids is 1. The first kappa shape index (κ1) is 13.4. The van der Waals surface area contributed by atoms with Crippen LogP contribution in [-0.4, -0.2) is 17.5 Å². The zero-order chi connectivity index (χ0) is 9.99. The maximum absolute atomic E-state index is 10.8. The highest BCUT2D eigenvalue weighted by Crippen LogP contribution is 2.51. The number of alkyl halides is 4. The molecule has 0 atom stereocenters. The molecule has 0 aromatic carbocycles. The number of carbonyl (C=O) groups is 1. The van der Waals surface area contributed by atoms with E-state index in [2.05, 4.69) is 63.7 Å². The third-order valence-electron chi connectivity index (χ3n) is 1.29. The summed E-state index contributed by atoms with van der Waals surface area (Å²) < 4.78 is -1.85. The van der Waals surface area contributed by atoms with Crippen molar-refractivity contribution in [3.63, 3.8) is 0 Å². The summed E-state index contributed by atoms with van der Waals surface area (Å²) in [7, 11) is 0. The van der Waals surface area contributed by atoms with Gasteiger partial charge in [0.1, 0.15) is 3.23 Å². The quantitative estimate of drug-likeness (QED) is 0.687. The summed E-state index contributed by atoms with van der Waals surface area (Å²) in [5, 5.41) is 8.85. The van der Waals surface area contributed by atoms with Gasteiger partial charge in [-0.3, -0.25) is 0 Å². The van der Waals surface area contributed by atoms with Crippen molar-refractivity contribution in [3.8, 4) is 0 Å². The topological polar surface area (TPSA) is 37.3 Å². The molecule has 0 heterocycles. The second-order valence-electron chi connectivity index (χ2n) is 2.33. The first-order valence-electron chi connectivity index (χ1n) is 3.24. The number of hydrogen-bond acceptors (Lipinski definition) is 1. The Labute approximate surface area is 105 Å². The molecule has 0 aliphatic heterocycles. The lowest BCUT2D eigenvalue weighted by molar-refractivity contribution is -0.137. The fourth-order valence-electron chi connectivity index (χ4n) is 0.627. The minimum Gasteiger partial charge on any atom is -0.480 e. The number of carboxylic acid groups (broad SMARTS) is 1. The van der Waals surface area contributed by atoms with E-state index in [9.17, 15) is 4.79 Å². The van der Waals surface area contributed by atoms with Crippen LogP contribution in [0.25, 0.3) is 0 Å². The first-order chi connectivity index (χ1) is 5.25. The molecular formula is C6H8Br4O2. The van der Waals surface area contributed by atoms with Crippen LogP contribution in [0.4, 0.5) is 0 Å². The molecule has 72 valence electrons. The van der Waals surface area contributed by atoms with Crippen LogP contribution in [0.2, 0.25) is 0 Å². The van der Waals surface area contributed by atoms with Crippen LogP contribution >= 0.6 is 63.7 Å². The Bertz CT molecular complexity index is 178. The normalized spacial score (nSPS) is 13.1. The van der Waals surface area contributed by atoms with E-state index >= 15 is 0 Å². The molecule has 0 rings (SSSR count). The SMILES string of the molecule is CCCC(Br)(Br)C(Br)(Br)C(=O)O. The summed E-state index contributed by atoms with van der Waals surface area (Å²) in [5.41, 5.74) is 0. The van der Waals surface area contributed by atoms with Crippen molar-refractivity contribution in [2.24, 2.45) is 0 Å². The summed E-state index contributed by atoms with van der Waals surface area (Å²) in [6.45, 7) is 1.98. The molecule has 1 N–H and O–H groups in total. The molecule has 0 bridgehead atoms. The molecule has 0 aromatic rings. The van der Waals surface area contributed by atoms with Crippen LogP contribution in [0.1, 0.15) is 19.8 Å². The average Bonchev–Trinajstić information content (AvgIpc) is 1.86. The Kier molecular flexibility index (Phi) is 5.30. The van der Waals surface area contributed by atoms with Gasteiger partial charge >= 0.3 is 5.97 Å². The zero-order valence-electron chi connectivity index (χ0n) is 6.28. The number of hydrogen-bond donors (Lipinski definition) is 1. The second-order valence-corrected chi connectivity index (χ2v) is 9.55. The van der Waals surface area contributed by atoms with E-state index in [0.717, 1.165) is 6.42 Å². The third-order valence-corrected chi connectivity index (χ3v) is 7.43. The van der Waals surface area contributed by atoms with Gasteiger partial charge in [0.25, 0.3) is 0 Å². The van der Waals surface area contributed by atoms with Gasteiger partial charge in [-0.05, 0) is 6.42 Å². The highest BCUT2D eigenvalue weighted by atomic mass is 79.9. The van der Waals surface area contributed by atoms with Crippen LogP contribution in [-0.2, 0) is 4.79 Å². The van der Waals surface area contributed by atoms with Crippen molar-refractivity contribution in [1.82, 2.24) is 0 Å². The molecule has 0 saturated heterocycles. The van der Waals surface area contributed by atoms with E-state index in [1.807, 2.05) is 6.92 Å². The number of rotatable bonds is 4. The summed E-state index contributed by atoms with van der Waals surface area (Å²) in [5.74, 6) is -0.968. The van der Waals surface area contributed by atoms with E-state index in [4.69, 9.17) is 5.11 Å². The van der Waals surface area contributed by atoms with Crippen molar-refractivity contribution >= 4 is 69.7 Å². The highest BCUT2D eigenvalue weighted by molar-refractivity contribution is 9.30. The maximum Gasteiger partial charge on any atom is 0.333 e. The molecule has 12 heavy (non-hydrogen) atoms. The van der Waals surface area contributed by atoms with Crippen molar-refractivity contribution in [1.29, 1.82) is 0 Å². The molecule has 2 nitrogen and oxygen atoms in total. The molecule has 6 heteroatoms. The fourth-order valence-corrected chi connectivity index (χ4v) is 2.16. The lowest BCUT2D eigenvalue weighted by atomic mass is 10.2. The molecule has 0 aromatic heterocycles. The Morgan fingerprint density at radius 1 is 1.33 bits per heavy atom. The van der Waals surface area contributed by atoms with E-state index in [0.29, 0.717) is 6.42 Å². The predicted molar refractivity (Wildman–Crippen MR) is 63.7 cm³/mol. The van der Waals surface area contributed by atoms with Crippen LogP contribution < -0.4 is 0 Å². The van der Waals surface area contributed by atoms with Crippen LogP contribution in [0.5, 0.6) is 0 Å². The zero-order valence-corrected chi connectivity index (χ0v) is 12.6. The molecule has 0 fully saturated rings. The van der Waals surface area contributed by atoms with E-state index in [-0.39, 0.29) is 0 Å².